The highest BCUT2D eigenvalue weighted by Gasteiger charge is 2.15. The molecule has 2 N–H and O–H groups in total. The quantitative estimate of drug-likeness (QED) is 0.759. The number of anilines is 1. The van der Waals surface area contributed by atoms with Crippen molar-refractivity contribution in [3.8, 4) is 5.75 Å². The zero-order valence-electron chi connectivity index (χ0n) is 13.0. The van der Waals surface area contributed by atoms with E-state index < -0.39 is 5.60 Å². The largest absolute Gasteiger partial charge is 0.497 e. The Kier molecular flexibility index (Phi) is 6.81. The number of carbonyl (C=O) groups is 1. The number of alkyl carbamates (subject to hydrolysis) is 1. The summed E-state index contributed by atoms with van der Waals surface area (Å²) >= 11 is 3.48. The molecule has 118 valence electrons. The van der Waals surface area contributed by atoms with Gasteiger partial charge in [-0.25, -0.2) is 4.79 Å². The van der Waals surface area contributed by atoms with Crippen LogP contribution >= 0.6 is 15.9 Å². The number of rotatable bonds is 6. The van der Waals surface area contributed by atoms with Crippen LogP contribution in [0, 0.1) is 0 Å². The molecule has 0 atom stereocenters. The number of ether oxygens (including phenoxy) is 2. The maximum absolute atomic E-state index is 11.5. The van der Waals surface area contributed by atoms with Gasteiger partial charge in [-0.05, 0) is 55.3 Å². The molecule has 0 aliphatic heterocycles. The number of benzene rings is 1. The summed E-state index contributed by atoms with van der Waals surface area (Å²) in [6.45, 7) is 6.82. The number of amides is 1. The fourth-order valence-electron chi connectivity index (χ4n) is 1.58. The van der Waals surface area contributed by atoms with E-state index in [1.54, 1.807) is 7.11 Å². The van der Waals surface area contributed by atoms with E-state index in [1.165, 1.54) is 0 Å². The number of halogens is 1. The molecule has 0 heterocycles. The first-order chi connectivity index (χ1) is 9.81. The number of nitrogens with one attached hydrogen (secondary N) is 2. The van der Waals surface area contributed by atoms with Crippen molar-refractivity contribution in [2.45, 2.75) is 32.8 Å². The summed E-state index contributed by atoms with van der Waals surface area (Å²) in [6.07, 6.45) is 0.410. The van der Waals surface area contributed by atoms with Crippen LogP contribution in [-0.4, -0.2) is 31.9 Å². The van der Waals surface area contributed by atoms with E-state index in [0.717, 1.165) is 28.9 Å². The van der Waals surface area contributed by atoms with E-state index >= 15 is 0 Å². The van der Waals surface area contributed by atoms with Crippen molar-refractivity contribution in [3.05, 3.63) is 22.7 Å². The fourth-order valence-corrected chi connectivity index (χ4v) is 1.97. The molecule has 0 unspecified atom stereocenters. The minimum atomic E-state index is -0.464. The number of methoxy groups -OCH3 is 1. The Hall–Kier alpha value is -1.43. The second-order valence-corrected chi connectivity index (χ2v) is 6.41. The van der Waals surface area contributed by atoms with Crippen LogP contribution in [0.3, 0.4) is 0 Å². The van der Waals surface area contributed by atoms with Crippen molar-refractivity contribution in [2.75, 3.05) is 25.5 Å². The summed E-state index contributed by atoms with van der Waals surface area (Å²) in [5, 5.41) is 6.02. The van der Waals surface area contributed by atoms with Crippen LogP contribution in [0.25, 0.3) is 0 Å². The SMILES string of the molecule is COc1ccc(Br)c(NCCCNC(=O)OC(C)(C)C)c1. The molecule has 1 amide bonds. The van der Waals surface area contributed by atoms with Crippen LogP contribution in [0.5, 0.6) is 5.75 Å². The highest BCUT2D eigenvalue weighted by molar-refractivity contribution is 9.10. The maximum Gasteiger partial charge on any atom is 0.407 e. The molecule has 0 saturated carbocycles. The van der Waals surface area contributed by atoms with Crippen molar-refractivity contribution in [2.24, 2.45) is 0 Å². The Labute approximate surface area is 134 Å². The second-order valence-electron chi connectivity index (χ2n) is 5.55. The Morgan fingerprint density at radius 2 is 2.00 bits per heavy atom. The molecule has 5 nitrogen and oxygen atoms in total. The molecule has 0 bridgehead atoms. The molecule has 0 aliphatic carbocycles. The highest BCUT2D eigenvalue weighted by Crippen LogP contribution is 2.26. The molecule has 6 heteroatoms. The van der Waals surface area contributed by atoms with Crippen molar-refractivity contribution >= 4 is 27.7 Å². The summed E-state index contributed by atoms with van der Waals surface area (Å²) in [5.41, 5.74) is 0.500. The molecule has 1 aromatic carbocycles. The van der Waals surface area contributed by atoms with Crippen molar-refractivity contribution in [1.82, 2.24) is 5.32 Å². The molecular formula is C15H23BrN2O3. The number of hydrogen-bond donors (Lipinski definition) is 2. The summed E-state index contributed by atoms with van der Waals surface area (Å²) < 4.78 is 11.3. The van der Waals surface area contributed by atoms with Gasteiger partial charge in [0.25, 0.3) is 0 Å². The summed E-state index contributed by atoms with van der Waals surface area (Å²) in [5.74, 6) is 0.799. The lowest BCUT2D eigenvalue weighted by molar-refractivity contribution is 0.0528. The lowest BCUT2D eigenvalue weighted by Crippen LogP contribution is -2.33. The molecule has 21 heavy (non-hydrogen) atoms. The first-order valence-corrected chi connectivity index (χ1v) is 7.65. The first-order valence-electron chi connectivity index (χ1n) is 6.86. The molecule has 0 radical (unpaired) electrons. The Bertz CT molecular complexity index is 472. The maximum atomic E-state index is 11.5. The number of hydrogen-bond acceptors (Lipinski definition) is 4. The van der Waals surface area contributed by atoms with Gasteiger partial charge in [0.2, 0.25) is 0 Å². The van der Waals surface area contributed by atoms with Crippen molar-refractivity contribution in [3.63, 3.8) is 0 Å². The monoisotopic (exact) mass is 358 g/mol. The third-order valence-electron chi connectivity index (χ3n) is 2.51. The Morgan fingerprint density at radius 3 is 2.62 bits per heavy atom. The van der Waals surface area contributed by atoms with E-state index in [2.05, 4.69) is 26.6 Å². The average Bonchev–Trinajstić information content (AvgIpc) is 2.38. The van der Waals surface area contributed by atoms with Crippen LogP contribution in [-0.2, 0) is 4.74 Å². The molecule has 0 spiro atoms. The summed E-state index contributed by atoms with van der Waals surface area (Å²) in [7, 11) is 1.64. The van der Waals surface area contributed by atoms with Gasteiger partial charge in [0.1, 0.15) is 11.4 Å². The van der Waals surface area contributed by atoms with Gasteiger partial charge in [0.15, 0.2) is 0 Å². The summed E-state index contributed by atoms with van der Waals surface area (Å²) in [6, 6.07) is 5.74. The molecule has 1 aromatic rings. The van der Waals surface area contributed by atoms with Crippen LogP contribution in [0.15, 0.2) is 22.7 Å². The van der Waals surface area contributed by atoms with Gasteiger partial charge >= 0.3 is 6.09 Å². The van der Waals surface area contributed by atoms with E-state index in [-0.39, 0.29) is 6.09 Å². The Balaban J connectivity index is 2.27. The van der Waals surface area contributed by atoms with Gasteiger partial charge < -0.3 is 20.1 Å². The van der Waals surface area contributed by atoms with Crippen molar-refractivity contribution < 1.29 is 14.3 Å². The molecule has 0 fully saturated rings. The van der Waals surface area contributed by atoms with Crippen molar-refractivity contribution in [1.29, 1.82) is 0 Å². The van der Waals surface area contributed by atoms with E-state index in [4.69, 9.17) is 9.47 Å². The van der Waals surface area contributed by atoms with Gasteiger partial charge in [-0.3, -0.25) is 0 Å². The van der Waals surface area contributed by atoms with Crippen LogP contribution < -0.4 is 15.4 Å². The fraction of sp³-hybridized carbons (Fsp3) is 0.533. The van der Waals surface area contributed by atoms with Gasteiger partial charge in [0, 0.05) is 23.6 Å². The minimum Gasteiger partial charge on any atom is -0.497 e. The zero-order valence-corrected chi connectivity index (χ0v) is 14.5. The zero-order chi connectivity index (χ0) is 15.9. The van der Waals surface area contributed by atoms with E-state index in [9.17, 15) is 4.79 Å². The molecule has 1 rings (SSSR count). The second kappa shape index (κ2) is 8.12. The third-order valence-corrected chi connectivity index (χ3v) is 3.20. The predicted molar refractivity (Wildman–Crippen MR) is 88.0 cm³/mol. The Morgan fingerprint density at radius 1 is 1.29 bits per heavy atom. The van der Waals surface area contributed by atoms with Gasteiger partial charge in [-0.2, -0.15) is 0 Å². The molecule has 0 aliphatic rings. The van der Waals surface area contributed by atoms with E-state index in [0.29, 0.717) is 6.54 Å². The normalized spacial score (nSPS) is 10.9. The van der Waals surface area contributed by atoms with Crippen LogP contribution in [0.2, 0.25) is 0 Å². The van der Waals surface area contributed by atoms with Gasteiger partial charge in [-0.1, -0.05) is 0 Å². The minimum absolute atomic E-state index is 0.384. The number of carbonyl (C=O) groups excluding carboxylic acids is 1. The lowest BCUT2D eigenvalue weighted by Gasteiger charge is -2.19. The predicted octanol–water partition coefficient (Wildman–Crippen LogP) is 3.78. The van der Waals surface area contributed by atoms with E-state index in [1.807, 2.05) is 39.0 Å². The lowest BCUT2D eigenvalue weighted by atomic mass is 10.2. The standard InChI is InChI=1S/C15H23BrN2O3/c1-15(2,3)21-14(19)18-9-5-8-17-13-10-11(20-4)6-7-12(13)16/h6-7,10,17H,5,8-9H2,1-4H3,(H,18,19). The van der Waals surface area contributed by atoms with Gasteiger partial charge in [0.05, 0.1) is 12.8 Å². The first kappa shape index (κ1) is 17.6. The molecule has 0 saturated heterocycles. The smallest absolute Gasteiger partial charge is 0.407 e. The average molecular weight is 359 g/mol. The van der Waals surface area contributed by atoms with Crippen LogP contribution in [0.1, 0.15) is 27.2 Å². The van der Waals surface area contributed by atoms with Gasteiger partial charge in [-0.15, -0.1) is 0 Å². The molecular weight excluding hydrogens is 336 g/mol. The highest BCUT2D eigenvalue weighted by atomic mass is 79.9. The van der Waals surface area contributed by atoms with Crippen LogP contribution in [0.4, 0.5) is 10.5 Å². The topological polar surface area (TPSA) is 59.6 Å². The summed E-state index contributed by atoms with van der Waals surface area (Å²) in [4.78, 5) is 11.5. The molecule has 0 aromatic heterocycles. The third kappa shape index (κ3) is 7.22.